The van der Waals surface area contributed by atoms with Crippen LogP contribution in [0.4, 0.5) is 4.79 Å². The van der Waals surface area contributed by atoms with E-state index in [9.17, 15) is 4.79 Å². The monoisotopic (exact) mass is 610 g/mol. The molecular formula is C39H79NO3. The topological polar surface area (TPSA) is 61.6 Å². The van der Waals surface area contributed by atoms with Gasteiger partial charge in [-0.2, -0.15) is 0 Å². The van der Waals surface area contributed by atoms with Crippen molar-refractivity contribution >= 4 is 6.09 Å². The minimum Gasteiger partial charge on any atom is -0.444 e. The fraction of sp³-hybridized carbons (Fsp3) is 0.974. The van der Waals surface area contributed by atoms with E-state index < -0.39 is 6.09 Å². The number of carbonyl (C=O) groups is 1. The smallest absolute Gasteiger partial charge is 0.404 e. The third kappa shape index (κ3) is 37.3. The van der Waals surface area contributed by atoms with Gasteiger partial charge in [0.15, 0.2) is 0 Å². The molecule has 0 bridgehead atoms. The fourth-order valence-electron chi connectivity index (χ4n) is 6.23. The minimum atomic E-state index is -0.674. The lowest BCUT2D eigenvalue weighted by Crippen LogP contribution is -2.27. The molecular weight excluding hydrogens is 530 g/mol. The first-order chi connectivity index (χ1) is 21.2. The normalized spacial score (nSPS) is 12.1. The summed E-state index contributed by atoms with van der Waals surface area (Å²) < 4.78 is 11.2. The SMILES string of the molecule is CCCCCCCCCCCCCCCCCCOCC(CCCCCCCCCCCCCCCCCC)OC(N)=O. The third-order valence-electron chi connectivity index (χ3n) is 9.11. The van der Waals surface area contributed by atoms with Gasteiger partial charge in [0.2, 0.25) is 0 Å². The van der Waals surface area contributed by atoms with Crippen molar-refractivity contribution in [2.24, 2.45) is 5.73 Å². The minimum absolute atomic E-state index is 0.190. The van der Waals surface area contributed by atoms with E-state index in [1.165, 1.54) is 193 Å². The van der Waals surface area contributed by atoms with E-state index in [4.69, 9.17) is 15.2 Å². The highest BCUT2D eigenvalue weighted by Gasteiger charge is 2.12. The Morgan fingerprint density at radius 3 is 1.02 bits per heavy atom. The van der Waals surface area contributed by atoms with E-state index in [1.807, 2.05) is 0 Å². The Labute approximate surface area is 270 Å². The standard InChI is InChI=1S/C39H79NO3/c1-3-5-7-9-11-13-15-17-19-21-23-25-27-29-31-33-35-38(43-39(40)41)37-42-36-34-32-30-28-26-24-22-20-18-16-14-12-10-8-6-4-2/h38H,3-37H2,1-2H3,(H2,40,41). The van der Waals surface area contributed by atoms with E-state index in [1.54, 1.807) is 0 Å². The zero-order chi connectivity index (χ0) is 31.3. The van der Waals surface area contributed by atoms with Crippen molar-refractivity contribution in [3.05, 3.63) is 0 Å². The summed E-state index contributed by atoms with van der Waals surface area (Å²) in [6.45, 7) is 5.82. The molecule has 2 N–H and O–H groups in total. The summed E-state index contributed by atoms with van der Waals surface area (Å²) in [6.07, 6.45) is 43.9. The third-order valence-corrected chi connectivity index (χ3v) is 9.11. The first-order valence-electron chi connectivity index (χ1n) is 19.7. The molecule has 0 aromatic rings. The average molecular weight is 610 g/mol. The van der Waals surface area contributed by atoms with E-state index in [0.29, 0.717) is 6.61 Å². The summed E-state index contributed by atoms with van der Waals surface area (Å²) in [5.74, 6) is 0. The molecule has 1 unspecified atom stereocenters. The van der Waals surface area contributed by atoms with Crippen LogP contribution < -0.4 is 5.73 Å². The first-order valence-corrected chi connectivity index (χ1v) is 19.7. The molecule has 0 saturated heterocycles. The van der Waals surface area contributed by atoms with Gasteiger partial charge < -0.3 is 15.2 Å². The molecule has 0 aliphatic heterocycles. The summed E-state index contributed by atoms with van der Waals surface area (Å²) in [6, 6.07) is 0. The van der Waals surface area contributed by atoms with Gasteiger partial charge in [0.1, 0.15) is 6.10 Å². The fourth-order valence-corrected chi connectivity index (χ4v) is 6.23. The van der Waals surface area contributed by atoms with Crippen LogP contribution in [0.5, 0.6) is 0 Å². The van der Waals surface area contributed by atoms with Crippen molar-refractivity contribution in [1.82, 2.24) is 0 Å². The highest BCUT2D eigenvalue weighted by molar-refractivity contribution is 5.64. The number of unbranched alkanes of at least 4 members (excludes halogenated alkanes) is 30. The lowest BCUT2D eigenvalue weighted by atomic mass is 10.0. The molecule has 0 aliphatic rings. The highest BCUT2D eigenvalue weighted by atomic mass is 16.6. The Morgan fingerprint density at radius 2 is 0.721 bits per heavy atom. The second-order valence-corrected chi connectivity index (χ2v) is 13.5. The maximum absolute atomic E-state index is 11.3. The molecule has 0 spiro atoms. The molecule has 0 aromatic carbocycles. The second kappa shape index (κ2) is 37.4. The maximum Gasteiger partial charge on any atom is 0.404 e. The van der Waals surface area contributed by atoms with Gasteiger partial charge in [0.05, 0.1) is 6.61 Å². The number of ether oxygens (including phenoxy) is 2. The van der Waals surface area contributed by atoms with E-state index in [2.05, 4.69) is 13.8 Å². The molecule has 0 saturated carbocycles. The zero-order valence-electron chi connectivity index (χ0n) is 29.6. The van der Waals surface area contributed by atoms with Gasteiger partial charge in [-0.15, -0.1) is 0 Å². The van der Waals surface area contributed by atoms with Gasteiger partial charge in [-0.3, -0.25) is 0 Å². The summed E-state index contributed by atoms with van der Waals surface area (Å²) in [4.78, 5) is 11.3. The van der Waals surface area contributed by atoms with E-state index in [0.717, 1.165) is 25.9 Å². The highest BCUT2D eigenvalue weighted by Crippen LogP contribution is 2.16. The van der Waals surface area contributed by atoms with Crippen molar-refractivity contribution in [3.63, 3.8) is 0 Å². The maximum atomic E-state index is 11.3. The van der Waals surface area contributed by atoms with Crippen molar-refractivity contribution in [1.29, 1.82) is 0 Å². The summed E-state index contributed by atoms with van der Waals surface area (Å²) in [5.41, 5.74) is 5.31. The predicted octanol–water partition coefficient (Wildman–Crippen LogP) is 13.4. The Balaban J connectivity index is 3.45. The summed E-state index contributed by atoms with van der Waals surface area (Å²) in [5, 5.41) is 0. The lowest BCUT2D eigenvalue weighted by molar-refractivity contribution is 0.0172. The number of carbonyl (C=O) groups excluding carboxylic acids is 1. The van der Waals surface area contributed by atoms with Crippen molar-refractivity contribution in [2.75, 3.05) is 13.2 Å². The van der Waals surface area contributed by atoms with Crippen LogP contribution in [0.2, 0.25) is 0 Å². The van der Waals surface area contributed by atoms with Crippen LogP contribution in [0, 0.1) is 0 Å². The molecule has 0 radical (unpaired) electrons. The Kier molecular flexibility index (Phi) is 36.7. The van der Waals surface area contributed by atoms with Crippen LogP contribution in [0.3, 0.4) is 0 Å². The number of primary amides is 1. The number of nitrogens with two attached hydrogens (primary N) is 1. The van der Waals surface area contributed by atoms with Gasteiger partial charge in [-0.25, -0.2) is 4.79 Å². The Hall–Kier alpha value is -0.770. The van der Waals surface area contributed by atoms with Crippen molar-refractivity contribution < 1.29 is 14.3 Å². The summed E-state index contributed by atoms with van der Waals surface area (Å²) >= 11 is 0. The molecule has 4 nitrogen and oxygen atoms in total. The summed E-state index contributed by atoms with van der Waals surface area (Å²) in [7, 11) is 0. The first kappa shape index (κ1) is 42.2. The van der Waals surface area contributed by atoms with Crippen LogP contribution in [0.1, 0.15) is 226 Å². The van der Waals surface area contributed by atoms with Crippen LogP contribution in [0.25, 0.3) is 0 Å². The van der Waals surface area contributed by atoms with Crippen LogP contribution in [-0.4, -0.2) is 25.4 Å². The van der Waals surface area contributed by atoms with E-state index in [-0.39, 0.29) is 6.10 Å². The molecule has 0 aliphatic carbocycles. The van der Waals surface area contributed by atoms with Gasteiger partial charge >= 0.3 is 6.09 Å². The van der Waals surface area contributed by atoms with Crippen LogP contribution >= 0.6 is 0 Å². The van der Waals surface area contributed by atoms with E-state index >= 15 is 0 Å². The zero-order valence-corrected chi connectivity index (χ0v) is 29.6. The molecule has 0 rings (SSSR count). The molecule has 258 valence electrons. The molecule has 0 heterocycles. The quantitative estimate of drug-likeness (QED) is 0.0713. The van der Waals surface area contributed by atoms with Gasteiger partial charge in [0.25, 0.3) is 0 Å². The van der Waals surface area contributed by atoms with Crippen LogP contribution in [-0.2, 0) is 9.47 Å². The molecule has 0 fully saturated rings. The average Bonchev–Trinajstić information content (AvgIpc) is 2.99. The molecule has 1 amide bonds. The van der Waals surface area contributed by atoms with Gasteiger partial charge in [0, 0.05) is 6.61 Å². The molecule has 1 atom stereocenters. The number of hydrogen-bond donors (Lipinski definition) is 1. The largest absolute Gasteiger partial charge is 0.444 e. The van der Waals surface area contributed by atoms with Crippen molar-refractivity contribution in [2.45, 2.75) is 232 Å². The number of rotatable bonds is 37. The number of amides is 1. The van der Waals surface area contributed by atoms with Crippen LogP contribution in [0.15, 0.2) is 0 Å². The van der Waals surface area contributed by atoms with Gasteiger partial charge in [-0.1, -0.05) is 206 Å². The Morgan fingerprint density at radius 1 is 0.442 bits per heavy atom. The number of hydrogen-bond acceptors (Lipinski definition) is 3. The predicted molar refractivity (Wildman–Crippen MR) is 189 cm³/mol. The second-order valence-electron chi connectivity index (χ2n) is 13.5. The lowest BCUT2D eigenvalue weighted by Gasteiger charge is -2.17. The molecule has 0 aromatic heterocycles. The van der Waals surface area contributed by atoms with Gasteiger partial charge in [-0.05, 0) is 19.3 Å². The molecule has 4 heteroatoms. The molecule has 43 heavy (non-hydrogen) atoms. The van der Waals surface area contributed by atoms with Crippen molar-refractivity contribution in [3.8, 4) is 0 Å². The Bertz CT molecular complexity index is 527.